The van der Waals surface area contributed by atoms with E-state index in [9.17, 15) is 9.18 Å². The van der Waals surface area contributed by atoms with Gasteiger partial charge in [0.15, 0.2) is 0 Å². The van der Waals surface area contributed by atoms with Gasteiger partial charge in [-0.3, -0.25) is 4.79 Å². The molecule has 0 bridgehead atoms. The van der Waals surface area contributed by atoms with E-state index in [-0.39, 0.29) is 11.6 Å². The lowest BCUT2D eigenvalue weighted by Gasteiger charge is -2.29. The molecule has 3 nitrogen and oxygen atoms in total. The molecule has 1 atom stereocenters. The van der Waals surface area contributed by atoms with Crippen molar-refractivity contribution in [2.24, 2.45) is 5.92 Å². The molecule has 0 saturated heterocycles. The summed E-state index contributed by atoms with van der Waals surface area (Å²) in [6.07, 6.45) is 6.46. The van der Waals surface area contributed by atoms with Gasteiger partial charge >= 0.3 is 0 Å². The lowest BCUT2D eigenvalue weighted by Crippen LogP contribution is -2.27. The van der Waals surface area contributed by atoms with Crippen LogP contribution >= 0.6 is 0 Å². The van der Waals surface area contributed by atoms with Crippen LogP contribution in [-0.2, 0) is 4.79 Å². The first kappa shape index (κ1) is 14.8. The molecule has 1 unspecified atom stereocenters. The number of anilines is 2. The van der Waals surface area contributed by atoms with E-state index in [1.807, 2.05) is 0 Å². The van der Waals surface area contributed by atoms with Crippen LogP contribution in [0.25, 0.3) is 0 Å². The predicted molar refractivity (Wildman–Crippen MR) is 80.4 cm³/mol. The Bertz CT molecular complexity index is 470. The summed E-state index contributed by atoms with van der Waals surface area (Å²) in [5, 5.41) is 5.95. The van der Waals surface area contributed by atoms with Crippen molar-refractivity contribution in [2.45, 2.75) is 52.0 Å². The number of carbonyl (C=O) groups excluding carboxylic acids is 1. The van der Waals surface area contributed by atoms with Gasteiger partial charge in [0.1, 0.15) is 5.82 Å². The summed E-state index contributed by atoms with van der Waals surface area (Å²) in [4.78, 5) is 11.0. The normalized spacial score (nSPS) is 17.6. The van der Waals surface area contributed by atoms with E-state index in [1.165, 1.54) is 45.1 Å². The Hall–Kier alpha value is -1.58. The molecule has 0 aromatic heterocycles. The van der Waals surface area contributed by atoms with Crippen LogP contribution in [0.3, 0.4) is 0 Å². The summed E-state index contributed by atoms with van der Waals surface area (Å²) in [5.41, 5.74) is 1.09. The molecule has 2 rings (SSSR count). The maximum Gasteiger partial charge on any atom is 0.221 e. The molecule has 0 spiro atoms. The van der Waals surface area contributed by atoms with Gasteiger partial charge in [-0.1, -0.05) is 19.3 Å². The highest BCUT2D eigenvalue weighted by Crippen LogP contribution is 2.29. The van der Waals surface area contributed by atoms with Crippen LogP contribution in [-0.4, -0.2) is 11.9 Å². The Balaban J connectivity index is 2.02. The van der Waals surface area contributed by atoms with Gasteiger partial charge in [-0.25, -0.2) is 4.39 Å². The first-order valence-corrected chi connectivity index (χ1v) is 7.40. The molecule has 0 heterocycles. The molecule has 1 aliphatic rings. The molecule has 1 aromatic rings. The van der Waals surface area contributed by atoms with Crippen LogP contribution in [0.5, 0.6) is 0 Å². The van der Waals surface area contributed by atoms with Gasteiger partial charge in [0.05, 0.1) is 5.69 Å². The smallest absolute Gasteiger partial charge is 0.221 e. The number of carbonyl (C=O) groups is 1. The van der Waals surface area contributed by atoms with E-state index in [2.05, 4.69) is 17.6 Å². The van der Waals surface area contributed by atoms with Crippen LogP contribution in [0.2, 0.25) is 0 Å². The van der Waals surface area contributed by atoms with Crippen molar-refractivity contribution in [1.82, 2.24) is 0 Å². The molecular formula is C16H23FN2O. The molecule has 1 saturated carbocycles. The molecule has 1 amide bonds. The highest BCUT2D eigenvalue weighted by atomic mass is 19.1. The van der Waals surface area contributed by atoms with Crippen LogP contribution in [0, 0.1) is 11.7 Å². The Labute approximate surface area is 120 Å². The molecule has 1 fully saturated rings. The van der Waals surface area contributed by atoms with Crippen molar-refractivity contribution in [2.75, 3.05) is 10.6 Å². The van der Waals surface area contributed by atoms with Gasteiger partial charge in [-0.05, 0) is 43.9 Å². The van der Waals surface area contributed by atoms with Crippen molar-refractivity contribution < 1.29 is 9.18 Å². The minimum absolute atomic E-state index is 0.235. The van der Waals surface area contributed by atoms with Gasteiger partial charge in [0.2, 0.25) is 5.91 Å². The summed E-state index contributed by atoms with van der Waals surface area (Å²) in [6.45, 7) is 3.56. The van der Waals surface area contributed by atoms with Gasteiger partial charge in [-0.15, -0.1) is 0 Å². The number of nitrogens with one attached hydrogen (secondary N) is 2. The number of benzene rings is 1. The van der Waals surface area contributed by atoms with E-state index in [4.69, 9.17) is 0 Å². The van der Waals surface area contributed by atoms with Crippen molar-refractivity contribution in [3.63, 3.8) is 0 Å². The maximum atomic E-state index is 13.6. The van der Waals surface area contributed by atoms with E-state index in [0.29, 0.717) is 12.0 Å². The molecule has 1 aliphatic carbocycles. The van der Waals surface area contributed by atoms with Crippen molar-refractivity contribution in [3.8, 4) is 0 Å². The standard InChI is InChI=1S/C16H23FN2O/c1-11(13-6-4-3-5-7-13)18-14-8-9-15(17)16(10-14)19-12(2)20/h8-11,13,18H,3-7H2,1-2H3,(H,19,20). The third kappa shape index (κ3) is 3.95. The minimum atomic E-state index is -0.406. The average Bonchev–Trinajstić information content (AvgIpc) is 2.43. The fourth-order valence-electron chi connectivity index (χ4n) is 2.92. The van der Waals surface area contributed by atoms with Gasteiger partial charge < -0.3 is 10.6 Å². The lowest BCUT2D eigenvalue weighted by atomic mass is 9.84. The average molecular weight is 278 g/mol. The maximum absolute atomic E-state index is 13.6. The number of halogens is 1. The zero-order chi connectivity index (χ0) is 14.5. The summed E-state index contributed by atoms with van der Waals surface area (Å²) in [7, 11) is 0. The molecule has 1 aromatic carbocycles. The summed E-state index contributed by atoms with van der Waals surface area (Å²) in [6, 6.07) is 5.14. The fraction of sp³-hybridized carbons (Fsp3) is 0.562. The Morgan fingerprint density at radius 3 is 2.65 bits per heavy atom. The quantitative estimate of drug-likeness (QED) is 0.868. The summed E-state index contributed by atoms with van der Waals surface area (Å²) < 4.78 is 13.6. The third-order valence-electron chi connectivity index (χ3n) is 4.03. The Morgan fingerprint density at radius 1 is 1.30 bits per heavy atom. The number of hydrogen-bond donors (Lipinski definition) is 2. The SMILES string of the molecule is CC(=O)Nc1cc(NC(C)C2CCCCC2)ccc1F. The highest BCUT2D eigenvalue weighted by Gasteiger charge is 2.20. The molecular weight excluding hydrogens is 255 g/mol. The number of rotatable bonds is 4. The van der Waals surface area contributed by atoms with Crippen LogP contribution < -0.4 is 10.6 Å². The molecule has 2 N–H and O–H groups in total. The molecule has 0 radical (unpaired) electrons. The second kappa shape index (κ2) is 6.73. The zero-order valence-corrected chi connectivity index (χ0v) is 12.2. The Kier molecular flexibility index (Phi) is 4.99. The van der Waals surface area contributed by atoms with E-state index in [0.717, 1.165) is 5.69 Å². The zero-order valence-electron chi connectivity index (χ0n) is 12.2. The van der Waals surface area contributed by atoms with Gasteiger partial charge in [0.25, 0.3) is 0 Å². The molecule has 0 aliphatic heterocycles. The monoisotopic (exact) mass is 278 g/mol. The van der Waals surface area contributed by atoms with Crippen molar-refractivity contribution in [1.29, 1.82) is 0 Å². The first-order chi connectivity index (χ1) is 9.56. The Morgan fingerprint density at radius 2 is 2.00 bits per heavy atom. The number of hydrogen-bond acceptors (Lipinski definition) is 2. The van der Waals surface area contributed by atoms with Crippen LogP contribution in [0.1, 0.15) is 46.0 Å². The second-order valence-corrected chi connectivity index (χ2v) is 5.71. The third-order valence-corrected chi connectivity index (χ3v) is 4.03. The first-order valence-electron chi connectivity index (χ1n) is 7.40. The van der Waals surface area contributed by atoms with Crippen molar-refractivity contribution in [3.05, 3.63) is 24.0 Å². The minimum Gasteiger partial charge on any atom is -0.382 e. The van der Waals surface area contributed by atoms with Crippen molar-refractivity contribution >= 4 is 17.3 Å². The lowest BCUT2D eigenvalue weighted by molar-refractivity contribution is -0.114. The van der Waals surface area contributed by atoms with E-state index < -0.39 is 5.82 Å². The summed E-state index contributed by atoms with van der Waals surface area (Å²) >= 11 is 0. The van der Waals surface area contributed by atoms with Crippen LogP contribution in [0.4, 0.5) is 15.8 Å². The van der Waals surface area contributed by atoms with Gasteiger partial charge in [0, 0.05) is 18.7 Å². The fourth-order valence-corrected chi connectivity index (χ4v) is 2.92. The van der Waals surface area contributed by atoms with E-state index >= 15 is 0 Å². The van der Waals surface area contributed by atoms with E-state index in [1.54, 1.807) is 12.1 Å². The van der Waals surface area contributed by atoms with Crippen LogP contribution in [0.15, 0.2) is 18.2 Å². The second-order valence-electron chi connectivity index (χ2n) is 5.71. The predicted octanol–water partition coefficient (Wildman–Crippen LogP) is 4.16. The molecule has 4 heteroatoms. The highest BCUT2D eigenvalue weighted by molar-refractivity contribution is 5.89. The molecule has 110 valence electrons. The largest absolute Gasteiger partial charge is 0.382 e. The summed E-state index contributed by atoms with van der Waals surface area (Å²) in [5.74, 6) is 0.00969. The molecule has 20 heavy (non-hydrogen) atoms. The van der Waals surface area contributed by atoms with Gasteiger partial charge in [-0.2, -0.15) is 0 Å². The topological polar surface area (TPSA) is 41.1 Å². The number of amides is 1.